The van der Waals surface area contributed by atoms with Crippen molar-refractivity contribution in [1.82, 2.24) is 10.2 Å². The van der Waals surface area contributed by atoms with Gasteiger partial charge in [-0.25, -0.2) is 0 Å². The third-order valence-electron chi connectivity index (χ3n) is 6.02. The fourth-order valence-corrected chi connectivity index (χ4v) is 4.22. The summed E-state index contributed by atoms with van der Waals surface area (Å²) in [5.74, 6) is 1.18. The zero-order chi connectivity index (χ0) is 23.9. The number of rotatable bonds is 9. The minimum atomic E-state index is -0.614. The van der Waals surface area contributed by atoms with E-state index in [4.69, 9.17) is 9.47 Å². The molecule has 176 valence electrons. The second-order valence-corrected chi connectivity index (χ2v) is 8.52. The van der Waals surface area contributed by atoms with Gasteiger partial charge in [0.15, 0.2) is 11.5 Å². The molecule has 0 unspecified atom stereocenters. The summed E-state index contributed by atoms with van der Waals surface area (Å²) in [4.78, 5) is 28.3. The molecule has 0 saturated heterocycles. The van der Waals surface area contributed by atoms with Crippen LogP contribution in [0.2, 0.25) is 0 Å². The van der Waals surface area contributed by atoms with E-state index in [2.05, 4.69) is 11.4 Å². The molecule has 4 rings (SSSR count). The monoisotopic (exact) mass is 458 g/mol. The second-order valence-electron chi connectivity index (χ2n) is 8.52. The Morgan fingerprint density at radius 1 is 0.912 bits per heavy atom. The van der Waals surface area contributed by atoms with E-state index in [1.54, 1.807) is 11.9 Å². The van der Waals surface area contributed by atoms with Crippen LogP contribution in [-0.2, 0) is 29.0 Å². The van der Waals surface area contributed by atoms with Crippen LogP contribution >= 0.6 is 0 Å². The molecule has 0 radical (unpaired) electrons. The van der Waals surface area contributed by atoms with Gasteiger partial charge in [0.1, 0.15) is 6.04 Å². The number of ether oxygens (including phenoxy) is 2. The molecule has 1 N–H and O–H groups in total. The first-order valence-electron chi connectivity index (χ1n) is 11.5. The lowest BCUT2D eigenvalue weighted by Gasteiger charge is -2.31. The molecule has 0 fully saturated rings. The van der Waals surface area contributed by atoms with Gasteiger partial charge in [0, 0.05) is 26.4 Å². The maximum absolute atomic E-state index is 13.6. The molecule has 0 bridgehead atoms. The van der Waals surface area contributed by atoms with E-state index in [1.165, 1.54) is 0 Å². The smallest absolute Gasteiger partial charge is 0.242 e. The minimum absolute atomic E-state index is 0.0660. The Morgan fingerprint density at radius 2 is 1.68 bits per heavy atom. The second kappa shape index (κ2) is 10.9. The van der Waals surface area contributed by atoms with Crippen molar-refractivity contribution in [3.63, 3.8) is 0 Å². The molecule has 1 atom stereocenters. The Bertz CT molecular complexity index is 1150. The molecule has 3 aromatic rings. The van der Waals surface area contributed by atoms with Gasteiger partial charge in [0.2, 0.25) is 18.6 Å². The van der Waals surface area contributed by atoms with Gasteiger partial charge in [-0.3, -0.25) is 9.59 Å². The number of hydrogen-bond donors (Lipinski definition) is 1. The molecule has 0 aliphatic carbocycles. The van der Waals surface area contributed by atoms with Crippen LogP contribution in [0.5, 0.6) is 11.5 Å². The maximum atomic E-state index is 13.6. The number of nitrogens with zero attached hydrogens (tertiary/aromatic N) is 1. The summed E-state index contributed by atoms with van der Waals surface area (Å²) in [5.41, 5.74) is 4.12. The predicted octanol–water partition coefficient (Wildman–Crippen LogP) is 4.04. The lowest BCUT2D eigenvalue weighted by molar-refractivity contribution is -0.141. The molecule has 2 amide bonds. The van der Waals surface area contributed by atoms with Crippen molar-refractivity contribution in [1.29, 1.82) is 0 Å². The van der Waals surface area contributed by atoms with Gasteiger partial charge in [0.25, 0.3) is 0 Å². The molecule has 0 aromatic heterocycles. The number of carbonyl (C=O) groups is 2. The summed E-state index contributed by atoms with van der Waals surface area (Å²) in [6.45, 7) is 2.61. The molecular weight excluding hydrogens is 428 g/mol. The third kappa shape index (κ3) is 5.76. The van der Waals surface area contributed by atoms with E-state index in [9.17, 15) is 9.59 Å². The van der Waals surface area contributed by atoms with E-state index < -0.39 is 6.04 Å². The highest BCUT2D eigenvalue weighted by Crippen LogP contribution is 2.33. The SMILES string of the molecule is CNC(=O)[C@H](Cc1ccccc1)N(Cc1cccc(C)c1)C(=O)CCc1ccc2c(c1)OCO2. The number of likely N-dealkylation sites (N-methyl/N-ethyl adjacent to an activating group) is 1. The topological polar surface area (TPSA) is 67.9 Å². The van der Waals surface area contributed by atoms with Gasteiger partial charge >= 0.3 is 0 Å². The van der Waals surface area contributed by atoms with Crippen molar-refractivity contribution in [3.8, 4) is 11.5 Å². The van der Waals surface area contributed by atoms with E-state index in [0.717, 1.165) is 28.0 Å². The highest BCUT2D eigenvalue weighted by atomic mass is 16.7. The average molecular weight is 459 g/mol. The molecule has 6 heteroatoms. The predicted molar refractivity (Wildman–Crippen MR) is 131 cm³/mol. The van der Waals surface area contributed by atoms with Crippen LogP contribution in [0.3, 0.4) is 0 Å². The maximum Gasteiger partial charge on any atom is 0.242 e. The van der Waals surface area contributed by atoms with Crippen molar-refractivity contribution in [2.24, 2.45) is 0 Å². The van der Waals surface area contributed by atoms with Crippen LogP contribution in [0, 0.1) is 6.92 Å². The van der Waals surface area contributed by atoms with Crippen molar-refractivity contribution < 1.29 is 19.1 Å². The summed E-state index contributed by atoms with van der Waals surface area (Å²) in [6.07, 6.45) is 1.28. The zero-order valence-corrected chi connectivity index (χ0v) is 19.6. The largest absolute Gasteiger partial charge is 0.454 e. The average Bonchev–Trinajstić information content (AvgIpc) is 3.33. The van der Waals surface area contributed by atoms with E-state index >= 15 is 0 Å². The number of amides is 2. The standard InChI is InChI=1S/C28H30N2O4/c1-20-7-6-10-23(15-20)18-30(24(28(32)29-2)16-21-8-4-3-5-9-21)27(31)14-12-22-11-13-25-26(17-22)34-19-33-25/h3-11,13,15,17,24H,12,14,16,18-19H2,1-2H3,(H,29,32)/t24-/m0/s1. The molecule has 6 nitrogen and oxygen atoms in total. The van der Waals surface area contributed by atoms with Crippen molar-refractivity contribution >= 4 is 11.8 Å². The van der Waals surface area contributed by atoms with Crippen molar-refractivity contribution in [2.75, 3.05) is 13.8 Å². The normalized spacial score (nSPS) is 12.8. The lowest BCUT2D eigenvalue weighted by Crippen LogP contribution is -2.49. The summed E-state index contributed by atoms with van der Waals surface area (Å²) in [5, 5.41) is 2.76. The van der Waals surface area contributed by atoms with Crippen LogP contribution in [0.25, 0.3) is 0 Å². The van der Waals surface area contributed by atoms with Gasteiger partial charge in [-0.1, -0.05) is 66.2 Å². The molecule has 0 spiro atoms. The van der Waals surface area contributed by atoms with Crippen LogP contribution in [0.1, 0.15) is 28.7 Å². The van der Waals surface area contributed by atoms with Gasteiger partial charge in [-0.05, 0) is 42.2 Å². The number of hydrogen-bond acceptors (Lipinski definition) is 4. The first-order chi connectivity index (χ1) is 16.5. The third-order valence-corrected chi connectivity index (χ3v) is 6.02. The van der Waals surface area contributed by atoms with E-state index in [-0.39, 0.29) is 25.0 Å². The van der Waals surface area contributed by atoms with Crippen LogP contribution in [0.15, 0.2) is 72.8 Å². The molecule has 34 heavy (non-hydrogen) atoms. The fourth-order valence-electron chi connectivity index (χ4n) is 4.22. The number of nitrogens with one attached hydrogen (secondary N) is 1. The Kier molecular flexibility index (Phi) is 7.48. The van der Waals surface area contributed by atoms with Crippen molar-refractivity contribution in [3.05, 3.63) is 95.1 Å². The Hall–Kier alpha value is -3.80. The fraction of sp³-hybridized carbons (Fsp3) is 0.286. The molecule has 1 aliphatic rings. The van der Waals surface area contributed by atoms with Crippen LogP contribution in [0.4, 0.5) is 0 Å². The number of fused-ring (bicyclic) bond motifs is 1. The van der Waals surface area contributed by atoms with Gasteiger partial charge in [0.05, 0.1) is 0 Å². The quantitative estimate of drug-likeness (QED) is 0.526. The molecule has 1 aliphatic heterocycles. The van der Waals surface area contributed by atoms with Crippen molar-refractivity contribution in [2.45, 2.75) is 38.8 Å². The number of carbonyl (C=O) groups excluding carboxylic acids is 2. The van der Waals surface area contributed by atoms with E-state index in [0.29, 0.717) is 25.1 Å². The highest BCUT2D eigenvalue weighted by Gasteiger charge is 2.29. The Balaban J connectivity index is 1.57. The summed E-state index contributed by atoms with van der Waals surface area (Å²) >= 11 is 0. The van der Waals surface area contributed by atoms with Crippen LogP contribution < -0.4 is 14.8 Å². The van der Waals surface area contributed by atoms with Gasteiger partial charge < -0.3 is 19.7 Å². The minimum Gasteiger partial charge on any atom is -0.454 e. The zero-order valence-electron chi connectivity index (χ0n) is 19.6. The summed E-state index contributed by atoms with van der Waals surface area (Å²) in [7, 11) is 1.61. The molecule has 1 heterocycles. The summed E-state index contributed by atoms with van der Waals surface area (Å²) in [6, 6.07) is 23.0. The van der Waals surface area contributed by atoms with E-state index in [1.807, 2.05) is 73.7 Å². The number of benzene rings is 3. The molecular formula is C28H30N2O4. The van der Waals surface area contributed by atoms with Gasteiger partial charge in [-0.2, -0.15) is 0 Å². The van der Waals surface area contributed by atoms with Gasteiger partial charge in [-0.15, -0.1) is 0 Å². The molecule has 3 aromatic carbocycles. The first kappa shape index (κ1) is 23.4. The summed E-state index contributed by atoms with van der Waals surface area (Å²) < 4.78 is 10.8. The Morgan fingerprint density at radius 3 is 2.44 bits per heavy atom. The first-order valence-corrected chi connectivity index (χ1v) is 11.5. The lowest BCUT2D eigenvalue weighted by atomic mass is 10.0. The number of aryl methyl sites for hydroxylation is 2. The Labute approximate surface area is 200 Å². The molecule has 0 saturated carbocycles. The highest BCUT2D eigenvalue weighted by molar-refractivity contribution is 5.88. The van der Waals surface area contributed by atoms with Crippen LogP contribution in [-0.4, -0.2) is 36.6 Å².